The van der Waals surface area contributed by atoms with Gasteiger partial charge >= 0.3 is 17.6 Å². The van der Waals surface area contributed by atoms with Crippen molar-refractivity contribution in [1.82, 2.24) is 20.9 Å². The van der Waals surface area contributed by atoms with Gasteiger partial charge < -0.3 is 39.3 Å². The molecule has 1 aromatic carbocycles. The molecular formula is C48H70N4O11. The van der Waals surface area contributed by atoms with E-state index in [1.165, 1.54) is 6.07 Å². The predicted molar refractivity (Wildman–Crippen MR) is 242 cm³/mol. The number of para-hydroxylation sites is 1. The number of fused-ring (bicyclic) bond motifs is 1. The first-order valence-corrected chi connectivity index (χ1v) is 22.7. The lowest BCUT2D eigenvalue weighted by molar-refractivity contribution is -0.148. The summed E-state index contributed by atoms with van der Waals surface area (Å²) in [7, 11) is 0. The van der Waals surface area contributed by atoms with E-state index in [0.717, 1.165) is 89.9 Å². The number of hydrogen-bond donors (Lipinski definition) is 3. The van der Waals surface area contributed by atoms with Gasteiger partial charge in [-0.15, -0.1) is 0 Å². The molecule has 63 heavy (non-hydrogen) atoms. The first-order valence-electron chi connectivity index (χ1n) is 22.7. The Kier molecular flexibility index (Phi) is 31.0. The molecule has 1 heterocycles. The minimum Gasteiger partial charge on any atom is -0.465 e. The van der Waals surface area contributed by atoms with E-state index in [2.05, 4.69) is 39.6 Å². The molecule has 0 bridgehead atoms. The van der Waals surface area contributed by atoms with Crippen molar-refractivity contribution in [3.8, 4) is 23.7 Å². The third-order valence-electron chi connectivity index (χ3n) is 9.58. The molecule has 0 saturated heterocycles. The van der Waals surface area contributed by atoms with Gasteiger partial charge in [-0.3, -0.25) is 28.9 Å². The van der Waals surface area contributed by atoms with Crippen molar-refractivity contribution >= 4 is 40.6 Å². The maximum atomic E-state index is 12.4. The molecule has 1 aromatic heterocycles. The SMILES string of the molecule is CCOC(=O)CN(CCOCCOCCNC(=O)CCCCCCCCC#CC#CCCCCCCCCC(=O)NCCNC(=O)c1cc2ccccc2oc1=O)CC(=O)OCC. The second-order valence-corrected chi connectivity index (χ2v) is 14.8. The average Bonchev–Trinajstić information content (AvgIpc) is 3.26. The van der Waals surface area contributed by atoms with Gasteiger partial charge in [0, 0.05) is 57.2 Å². The number of rotatable bonds is 35. The minimum absolute atomic E-state index is 0.0183. The molecule has 0 fully saturated rings. The van der Waals surface area contributed by atoms with E-state index in [-0.39, 0.29) is 56.8 Å². The first kappa shape index (κ1) is 53.9. The third kappa shape index (κ3) is 28.2. The Hall–Kier alpha value is -5.22. The van der Waals surface area contributed by atoms with Crippen LogP contribution in [0.4, 0.5) is 0 Å². The summed E-state index contributed by atoms with van der Waals surface area (Å²) in [6, 6.07) is 8.51. The average molecular weight is 879 g/mol. The van der Waals surface area contributed by atoms with E-state index in [1.54, 1.807) is 43.0 Å². The molecule has 348 valence electrons. The Morgan fingerprint density at radius 1 is 0.619 bits per heavy atom. The quantitative estimate of drug-likeness (QED) is 0.0343. The molecule has 0 radical (unpaired) electrons. The van der Waals surface area contributed by atoms with Crippen LogP contribution in [0.3, 0.4) is 0 Å². The van der Waals surface area contributed by atoms with Crippen LogP contribution in [0.1, 0.15) is 127 Å². The zero-order chi connectivity index (χ0) is 45.6. The minimum atomic E-state index is -0.691. The summed E-state index contributed by atoms with van der Waals surface area (Å²) in [4.78, 5) is 74.0. The molecule has 0 atom stereocenters. The van der Waals surface area contributed by atoms with Crippen molar-refractivity contribution in [3.63, 3.8) is 0 Å². The van der Waals surface area contributed by atoms with Crippen LogP contribution in [0.5, 0.6) is 0 Å². The summed E-state index contributed by atoms with van der Waals surface area (Å²) in [6.07, 6.45) is 15.1. The number of carbonyl (C=O) groups is 5. The smallest absolute Gasteiger partial charge is 0.349 e. The highest BCUT2D eigenvalue weighted by atomic mass is 16.5. The predicted octanol–water partition coefficient (Wildman–Crippen LogP) is 5.47. The van der Waals surface area contributed by atoms with Crippen LogP contribution in [-0.4, -0.2) is 113 Å². The third-order valence-corrected chi connectivity index (χ3v) is 9.58. The Morgan fingerprint density at radius 3 is 1.71 bits per heavy atom. The molecule has 2 rings (SSSR count). The van der Waals surface area contributed by atoms with E-state index >= 15 is 0 Å². The molecule has 0 unspecified atom stereocenters. The van der Waals surface area contributed by atoms with Crippen LogP contribution in [0, 0.1) is 23.7 Å². The van der Waals surface area contributed by atoms with Gasteiger partial charge in [-0.25, -0.2) is 4.79 Å². The number of amides is 3. The second kappa shape index (κ2) is 36.3. The Bertz CT molecular complexity index is 1800. The van der Waals surface area contributed by atoms with Crippen molar-refractivity contribution in [1.29, 1.82) is 0 Å². The summed E-state index contributed by atoms with van der Waals surface area (Å²) in [5, 5.41) is 9.01. The maximum Gasteiger partial charge on any atom is 0.349 e. The standard InChI is InChI=1S/C48H70N4O11/c1-3-61-45(55)38-52(39-46(56)62-4-2)32-34-60-36-35-59-33-31-50-44(54)28-22-20-18-16-14-12-10-8-6-5-7-9-11-13-15-17-19-21-27-43(53)49-29-30-51-47(57)41-37-40-25-23-24-26-42(40)63-48(41)58/h23-26,37H,3-4,9-22,27-36,38-39H2,1-2H3,(H,49,53)(H,50,54)(H,51,57). The fourth-order valence-corrected chi connectivity index (χ4v) is 6.27. The number of unbranched alkanes of at least 4 members (excludes halogenated alkanes) is 12. The topological polar surface area (TPSA) is 192 Å². The lowest BCUT2D eigenvalue weighted by atomic mass is 10.1. The van der Waals surface area contributed by atoms with Gasteiger partial charge in [0.15, 0.2) is 0 Å². The molecule has 15 nitrogen and oxygen atoms in total. The molecule has 15 heteroatoms. The highest BCUT2D eigenvalue weighted by Gasteiger charge is 2.16. The normalized spacial score (nSPS) is 10.7. The molecule has 3 amide bonds. The van der Waals surface area contributed by atoms with Crippen molar-refractivity contribution in [2.75, 3.05) is 78.9 Å². The summed E-state index contributed by atoms with van der Waals surface area (Å²) < 4.78 is 26.2. The first-order chi connectivity index (χ1) is 30.7. The zero-order valence-electron chi connectivity index (χ0n) is 37.6. The summed E-state index contributed by atoms with van der Waals surface area (Å²) >= 11 is 0. The summed E-state index contributed by atoms with van der Waals surface area (Å²) in [5.41, 5.74) is -0.326. The molecule has 0 saturated carbocycles. The van der Waals surface area contributed by atoms with E-state index in [9.17, 15) is 28.8 Å². The van der Waals surface area contributed by atoms with Crippen LogP contribution in [0.15, 0.2) is 39.5 Å². The van der Waals surface area contributed by atoms with Gasteiger partial charge in [0.05, 0.1) is 52.7 Å². The highest BCUT2D eigenvalue weighted by molar-refractivity contribution is 5.96. The van der Waals surface area contributed by atoms with Crippen LogP contribution in [-0.2, 0) is 38.1 Å². The number of benzene rings is 1. The van der Waals surface area contributed by atoms with Crippen molar-refractivity contribution in [2.45, 2.75) is 117 Å². The Labute approximate surface area is 373 Å². The molecule has 3 N–H and O–H groups in total. The molecule has 0 aliphatic rings. The van der Waals surface area contributed by atoms with E-state index in [0.29, 0.717) is 63.3 Å². The monoisotopic (exact) mass is 879 g/mol. The van der Waals surface area contributed by atoms with Gasteiger partial charge in [0.25, 0.3) is 5.91 Å². The van der Waals surface area contributed by atoms with Gasteiger partial charge in [-0.2, -0.15) is 0 Å². The Balaban J connectivity index is 1.32. The number of nitrogens with zero attached hydrogens (tertiary/aromatic N) is 1. The van der Waals surface area contributed by atoms with E-state index in [4.69, 9.17) is 23.4 Å². The van der Waals surface area contributed by atoms with Crippen molar-refractivity contribution in [2.24, 2.45) is 0 Å². The van der Waals surface area contributed by atoms with Gasteiger partial charge in [0.2, 0.25) is 11.8 Å². The number of carbonyl (C=O) groups excluding carboxylic acids is 5. The van der Waals surface area contributed by atoms with Crippen molar-refractivity contribution in [3.05, 3.63) is 46.3 Å². The van der Waals surface area contributed by atoms with Gasteiger partial charge in [-0.05, 0) is 63.5 Å². The van der Waals surface area contributed by atoms with Gasteiger partial charge in [-0.1, -0.05) is 81.4 Å². The lowest BCUT2D eigenvalue weighted by Gasteiger charge is -2.20. The molecule has 2 aromatic rings. The van der Waals surface area contributed by atoms with Crippen molar-refractivity contribution < 1.29 is 47.3 Å². The van der Waals surface area contributed by atoms with Crippen LogP contribution >= 0.6 is 0 Å². The second-order valence-electron chi connectivity index (χ2n) is 14.8. The Morgan fingerprint density at radius 2 is 1.13 bits per heavy atom. The fourth-order valence-electron chi connectivity index (χ4n) is 6.27. The zero-order valence-corrected chi connectivity index (χ0v) is 37.6. The number of esters is 2. The van der Waals surface area contributed by atoms with E-state index in [1.807, 2.05) is 0 Å². The van der Waals surface area contributed by atoms with Crippen LogP contribution in [0.25, 0.3) is 11.0 Å². The summed E-state index contributed by atoms with van der Waals surface area (Å²) in [5.74, 6) is 10.8. The fraction of sp³-hybridized carbons (Fsp3) is 0.625. The largest absolute Gasteiger partial charge is 0.465 e. The molecule has 0 aliphatic heterocycles. The maximum absolute atomic E-state index is 12.4. The molecular weight excluding hydrogens is 809 g/mol. The van der Waals surface area contributed by atoms with Crippen LogP contribution < -0.4 is 21.6 Å². The lowest BCUT2D eigenvalue weighted by Crippen LogP contribution is -2.38. The number of nitrogens with one attached hydrogen (secondary N) is 3. The molecule has 0 aliphatic carbocycles. The molecule has 0 spiro atoms. The summed E-state index contributed by atoms with van der Waals surface area (Å²) in [6.45, 7) is 6.71. The van der Waals surface area contributed by atoms with E-state index < -0.39 is 23.5 Å². The van der Waals surface area contributed by atoms with Crippen LogP contribution in [0.2, 0.25) is 0 Å². The highest BCUT2D eigenvalue weighted by Crippen LogP contribution is 2.13. The number of ether oxygens (including phenoxy) is 4. The van der Waals surface area contributed by atoms with Gasteiger partial charge in [0.1, 0.15) is 11.1 Å². The number of hydrogen-bond acceptors (Lipinski definition) is 12.